The second-order valence-corrected chi connectivity index (χ2v) is 7.64. The molecule has 1 aromatic heterocycles. The molecule has 1 aliphatic rings. The first-order chi connectivity index (χ1) is 15.6. The molecule has 1 fully saturated rings. The smallest absolute Gasteiger partial charge is 0.243 e. The zero-order valence-electron chi connectivity index (χ0n) is 17.8. The van der Waals surface area contributed by atoms with Gasteiger partial charge in [-0.05, 0) is 35.4 Å². The summed E-state index contributed by atoms with van der Waals surface area (Å²) in [4.78, 5) is 29.5. The average Bonchev–Trinajstić information content (AvgIpc) is 2.83. The number of aromatic nitrogens is 1. The zero-order valence-corrected chi connectivity index (χ0v) is 17.8. The fraction of sp³-hybridized carbons (Fsp3) is 0.240. The highest BCUT2D eigenvalue weighted by atomic mass is 16.5. The van der Waals surface area contributed by atoms with Crippen molar-refractivity contribution in [2.24, 2.45) is 0 Å². The van der Waals surface area contributed by atoms with Crippen molar-refractivity contribution in [3.63, 3.8) is 0 Å². The largest absolute Gasteiger partial charge is 0.497 e. The standard InChI is InChI=1S/C25H25N3O4/c1-31-20-10-7-17(8-11-20)13-22-24(29)28-23(25(30)27-22)14-19-9-12-21(15-26-19)32-16-18-5-3-2-4-6-18/h2-12,15,22-23H,13-14,16H2,1H3,(H,27,30)(H,28,29). The van der Waals surface area contributed by atoms with Crippen molar-refractivity contribution in [3.8, 4) is 11.5 Å². The molecule has 0 spiro atoms. The Bertz CT molecular complexity index is 1050. The summed E-state index contributed by atoms with van der Waals surface area (Å²) in [6.45, 7) is 0.457. The van der Waals surface area contributed by atoms with E-state index in [0.717, 1.165) is 16.9 Å². The summed E-state index contributed by atoms with van der Waals surface area (Å²) < 4.78 is 10.9. The molecule has 0 bridgehead atoms. The van der Waals surface area contributed by atoms with Crippen molar-refractivity contribution < 1.29 is 19.1 Å². The molecule has 2 aromatic carbocycles. The van der Waals surface area contributed by atoms with Crippen LogP contribution >= 0.6 is 0 Å². The molecule has 4 rings (SSSR count). The molecule has 2 amide bonds. The lowest BCUT2D eigenvalue weighted by Crippen LogP contribution is -2.62. The molecule has 2 N–H and O–H groups in total. The summed E-state index contributed by atoms with van der Waals surface area (Å²) in [6.07, 6.45) is 2.36. The maximum absolute atomic E-state index is 12.6. The van der Waals surface area contributed by atoms with E-state index in [-0.39, 0.29) is 11.8 Å². The third kappa shape index (κ3) is 5.43. The molecule has 2 heterocycles. The lowest BCUT2D eigenvalue weighted by molar-refractivity contribution is -0.136. The van der Waals surface area contributed by atoms with E-state index in [1.165, 1.54) is 0 Å². The third-order valence-corrected chi connectivity index (χ3v) is 5.32. The number of piperazine rings is 1. The minimum absolute atomic E-state index is 0.201. The van der Waals surface area contributed by atoms with E-state index < -0.39 is 12.1 Å². The van der Waals surface area contributed by atoms with Gasteiger partial charge in [0.05, 0.1) is 13.3 Å². The Kier molecular flexibility index (Phi) is 6.65. The molecule has 3 aromatic rings. The van der Waals surface area contributed by atoms with E-state index in [0.29, 0.717) is 30.9 Å². The number of amides is 2. The van der Waals surface area contributed by atoms with E-state index in [1.54, 1.807) is 13.3 Å². The van der Waals surface area contributed by atoms with Crippen molar-refractivity contribution in [2.75, 3.05) is 7.11 Å². The van der Waals surface area contributed by atoms with Crippen LogP contribution in [0.15, 0.2) is 72.9 Å². The highest BCUT2D eigenvalue weighted by Crippen LogP contribution is 2.16. The number of carbonyl (C=O) groups is 2. The minimum Gasteiger partial charge on any atom is -0.497 e. The van der Waals surface area contributed by atoms with Gasteiger partial charge in [-0.3, -0.25) is 14.6 Å². The monoisotopic (exact) mass is 431 g/mol. The normalized spacial score (nSPS) is 17.9. The van der Waals surface area contributed by atoms with Gasteiger partial charge in [0.1, 0.15) is 30.2 Å². The molecule has 0 saturated carbocycles. The first kappa shape index (κ1) is 21.4. The number of hydrogen-bond donors (Lipinski definition) is 2. The van der Waals surface area contributed by atoms with Crippen LogP contribution in [0.3, 0.4) is 0 Å². The van der Waals surface area contributed by atoms with Gasteiger partial charge in [-0.25, -0.2) is 0 Å². The SMILES string of the molecule is COc1ccc(CC2NC(=O)C(Cc3ccc(OCc4ccccc4)cn3)NC2=O)cc1. The number of rotatable bonds is 8. The Morgan fingerprint density at radius 3 is 2.06 bits per heavy atom. The van der Waals surface area contributed by atoms with Crippen molar-refractivity contribution in [2.45, 2.75) is 31.5 Å². The lowest BCUT2D eigenvalue weighted by Gasteiger charge is -2.29. The Labute approximate surface area is 186 Å². The van der Waals surface area contributed by atoms with Gasteiger partial charge in [0.15, 0.2) is 0 Å². The van der Waals surface area contributed by atoms with Crippen molar-refractivity contribution in [1.82, 2.24) is 15.6 Å². The molecule has 164 valence electrons. The van der Waals surface area contributed by atoms with Crippen LogP contribution < -0.4 is 20.1 Å². The number of nitrogens with zero attached hydrogens (tertiary/aromatic N) is 1. The first-order valence-electron chi connectivity index (χ1n) is 10.5. The van der Waals surface area contributed by atoms with Crippen LogP contribution in [0.1, 0.15) is 16.8 Å². The molecule has 1 saturated heterocycles. The Balaban J connectivity index is 1.30. The fourth-order valence-corrected chi connectivity index (χ4v) is 3.53. The van der Waals surface area contributed by atoms with Crippen LogP contribution in [0.25, 0.3) is 0 Å². The number of methoxy groups -OCH3 is 1. The van der Waals surface area contributed by atoms with E-state index >= 15 is 0 Å². The van der Waals surface area contributed by atoms with E-state index in [1.807, 2.05) is 66.7 Å². The van der Waals surface area contributed by atoms with Gasteiger partial charge in [0.2, 0.25) is 11.8 Å². The van der Waals surface area contributed by atoms with Gasteiger partial charge < -0.3 is 20.1 Å². The Morgan fingerprint density at radius 2 is 1.44 bits per heavy atom. The summed E-state index contributed by atoms with van der Waals surface area (Å²) in [5.74, 6) is 0.978. The number of ether oxygens (including phenoxy) is 2. The minimum atomic E-state index is -0.654. The summed E-state index contributed by atoms with van der Waals surface area (Å²) >= 11 is 0. The van der Waals surface area contributed by atoms with Crippen LogP contribution in [0, 0.1) is 0 Å². The van der Waals surface area contributed by atoms with Gasteiger partial charge in [0.25, 0.3) is 0 Å². The highest BCUT2D eigenvalue weighted by molar-refractivity contribution is 5.97. The highest BCUT2D eigenvalue weighted by Gasteiger charge is 2.33. The average molecular weight is 431 g/mol. The van der Waals surface area contributed by atoms with E-state index in [4.69, 9.17) is 9.47 Å². The van der Waals surface area contributed by atoms with E-state index in [9.17, 15) is 9.59 Å². The van der Waals surface area contributed by atoms with Gasteiger partial charge in [-0.2, -0.15) is 0 Å². The zero-order chi connectivity index (χ0) is 22.3. The second-order valence-electron chi connectivity index (χ2n) is 7.64. The number of benzene rings is 2. The molecule has 0 aliphatic carbocycles. The fourth-order valence-electron chi connectivity index (χ4n) is 3.53. The number of nitrogens with one attached hydrogen (secondary N) is 2. The molecule has 0 radical (unpaired) electrons. The number of hydrogen-bond acceptors (Lipinski definition) is 5. The van der Waals surface area contributed by atoms with Crippen LogP contribution in [-0.2, 0) is 29.0 Å². The molecule has 7 heteroatoms. The maximum atomic E-state index is 12.6. The van der Waals surface area contributed by atoms with Crippen molar-refractivity contribution in [1.29, 1.82) is 0 Å². The van der Waals surface area contributed by atoms with Gasteiger partial charge >= 0.3 is 0 Å². The van der Waals surface area contributed by atoms with E-state index in [2.05, 4.69) is 15.6 Å². The summed E-state index contributed by atoms with van der Waals surface area (Å²) in [5.41, 5.74) is 2.71. The molecule has 7 nitrogen and oxygen atoms in total. The molecule has 2 unspecified atom stereocenters. The Hall–Kier alpha value is -3.87. The van der Waals surface area contributed by atoms with Crippen molar-refractivity contribution in [3.05, 3.63) is 89.7 Å². The van der Waals surface area contributed by atoms with Gasteiger partial charge in [0, 0.05) is 18.5 Å². The molecule has 1 aliphatic heterocycles. The van der Waals surface area contributed by atoms with Gasteiger partial charge in [-0.15, -0.1) is 0 Å². The lowest BCUT2D eigenvalue weighted by atomic mass is 10.00. The topological polar surface area (TPSA) is 89.6 Å². The summed E-state index contributed by atoms with van der Waals surface area (Å²) in [6, 6.07) is 19.7. The van der Waals surface area contributed by atoms with Crippen LogP contribution in [0.5, 0.6) is 11.5 Å². The predicted octanol–water partition coefficient (Wildman–Crippen LogP) is 2.44. The number of carbonyl (C=O) groups excluding carboxylic acids is 2. The summed E-state index contributed by atoms with van der Waals surface area (Å²) in [7, 11) is 1.60. The molecular formula is C25H25N3O4. The molecule has 32 heavy (non-hydrogen) atoms. The first-order valence-corrected chi connectivity index (χ1v) is 10.5. The second kappa shape index (κ2) is 9.96. The van der Waals surface area contributed by atoms with Gasteiger partial charge in [-0.1, -0.05) is 42.5 Å². The quantitative estimate of drug-likeness (QED) is 0.572. The molecular weight excluding hydrogens is 406 g/mol. The van der Waals surface area contributed by atoms with Crippen LogP contribution in [0.4, 0.5) is 0 Å². The van der Waals surface area contributed by atoms with Crippen molar-refractivity contribution >= 4 is 11.8 Å². The summed E-state index contributed by atoms with van der Waals surface area (Å²) in [5, 5.41) is 5.65. The molecule has 2 atom stereocenters. The van der Waals surface area contributed by atoms with Crippen LogP contribution in [-0.4, -0.2) is 36.0 Å². The van der Waals surface area contributed by atoms with Crippen LogP contribution in [0.2, 0.25) is 0 Å². The predicted molar refractivity (Wildman–Crippen MR) is 119 cm³/mol. The number of pyridine rings is 1. The third-order valence-electron chi connectivity index (χ3n) is 5.32. The Morgan fingerprint density at radius 1 is 0.781 bits per heavy atom. The maximum Gasteiger partial charge on any atom is 0.243 e.